The molecule has 0 aliphatic heterocycles. The topological polar surface area (TPSA) is 83.8 Å². The maximum atomic E-state index is 14.1. The zero-order chi connectivity index (χ0) is 15.4. The summed E-state index contributed by atoms with van der Waals surface area (Å²) < 4.78 is 14.1. The molecule has 5 nitrogen and oxygen atoms in total. The molecule has 1 heterocycles. The van der Waals surface area contributed by atoms with Crippen LogP contribution in [0.4, 0.5) is 10.2 Å². The van der Waals surface area contributed by atoms with Gasteiger partial charge in [-0.1, -0.05) is 13.0 Å². The van der Waals surface area contributed by atoms with Crippen LogP contribution in [0.2, 0.25) is 0 Å². The zero-order valence-electron chi connectivity index (χ0n) is 11.8. The van der Waals surface area contributed by atoms with Gasteiger partial charge in [0.2, 0.25) is 0 Å². The number of benzene rings is 1. The number of aromatic amines is 1. The highest BCUT2D eigenvalue weighted by Crippen LogP contribution is 2.28. The standard InChI is InChI=1S/C14H17FN4OS/c1-3-17-8(2)9-4-5-11(10(15)6-9)21-14-18-12(16)7-13(20)19-14/h4-8,17H,3H2,1-2H3,(H3,16,18,19,20). The number of rotatable bonds is 5. The summed E-state index contributed by atoms with van der Waals surface area (Å²) in [4.78, 5) is 18.2. The molecule has 21 heavy (non-hydrogen) atoms. The number of H-pyrrole nitrogens is 1. The van der Waals surface area contributed by atoms with E-state index in [1.54, 1.807) is 6.07 Å². The molecule has 0 saturated carbocycles. The summed E-state index contributed by atoms with van der Waals surface area (Å²) in [6.07, 6.45) is 0. The molecular formula is C14H17FN4OS. The zero-order valence-corrected chi connectivity index (χ0v) is 12.6. The molecule has 7 heteroatoms. The number of nitrogens with two attached hydrogens (primary N) is 1. The fourth-order valence-electron chi connectivity index (χ4n) is 1.90. The molecule has 1 aromatic heterocycles. The lowest BCUT2D eigenvalue weighted by molar-refractivity contribution is 0.572. The second-order valence-electron chi connectivity index (χ2n) is 4.55. The van der Waals surface area contributed by atoms with E-state index in [-0.39, 0.29) is 28.4 Å². The Morgan fingerprint density at radius 1 is 1.48 bits per heavy atom. The first-order chi connectivity index (χ1) is 9.99. The van der Waals surface area contributed by atoms with Gasteiger partial charge in [-0.15, -0.1) is 0 Å². The number of aromatic nitrogens is 2. The van der Waals surface area contributed by atoms with Crippen LogP contribution in [0.15, 0.2) is 39.1 Å². The average molecular weight is 308 g/mol. The van der Waals surface area contributed by atoms with E-state index in [1.807, 2.05) is 19.9 Å². The van der Waals surface area contributed by atoms with Gasteiger partial charge in [0, 0.05) is 12.1 Å². The number of anilines is 1. The van der Waals surface area contributed by atoms with Crippen molar-refractivity contribution in [3.8, 4) is 0 Å². The number of hydrogen-bond acceptors (Lipinski definition) is 5. The second kappa shape index (κ2) is 6.73. The Balaban J connectivity index is 2.23. The maximum absolute atomic E-state index is 14.1. The first kappa shape index (κ1) is 15.5. The Bertz CT molecular complexity index is 689. The van der Waals surface area contributed by atoms with Crippen molar-refractivity contribution >= 4 is 17.6 Å². The van der Waals surface area contributed by atoms with Crippen LogP contribution < -0.4 is 16.6 Å². The highest BCUT2D eigenvalue weighted by atomic mass is 32.2. The molecule has 0 aliphatic rings. The molecule has 2 aromatic rings. The van der Waals surface area contributed by atoms with Crippen LogP contribution in [0.3, 0.4) is 0 Å². The predicted octanol–water partition coefficient (Wildman–Crippen LogP) is 2.31. The summed E-state index contributed by atoms with van der Waals surface area (Å²) in [6, 6.07) is 6.27. The van der Waals surface area contributed by atoms with E-state index in [4.69, 9.17) is 5.73 Å². The second-order valence-corrected chi connectivity index (χ2v) is 5.58. The van der Waals surface area contributed by atoms with E-state index < -0.39 is 0 Å². The van der Waals surface area contributed by atoms with Crippen molar-refractivity contribution < 1.29 is 4.39 Å². The van der Waals surface area contributed by atoms with E-state index in [9.17, 15) is 9.18 Å². The van der Waals surface area contributed by atoms with Gasteiger partial charge < -0.3 is 16.0 Å². The quantitative estimate of drug-likeness (QED) is 0.738. The van der Waals surface area contributed by atoms with E-state index in [2.05, 4.69) is 15.3 Å². The molecule has 0 fully saturated rings. The highest BCUT2D eigenvalue weighted by Gasteiger charge is 2.11. The maximum Gasteiger partial charge on any atom is 0.253 e. The van der Waals surface area contributed by atoms with E-state index in [0.717, 1.165) is 23.9 Å². The van der Waals surface area contributed by atoms with Crippen LogP contribution in [-0.4, -0.2) is 16.5 Å². The number of nitrogens with one attached hydrogen (secondary N) is 2. The number of nitrogens with zero attached hydrogens (tertiary/aromatic N) is 1. The molecule has 0 aliphatic carbocycles. The van der Waals surface area contributed by atoms with Crippen LogP contribution in [0.25, 0.3) is 0 Å². The van der Waals surface area contributed by atoms with Crippen LogP contribution in [0.5, 0.6) is 0 Å². The molecule has 112 valence electrons. The van der Waals surface area contributed by atoms with Crippen LogP contribution in [-0.2, 0) is 0 Å². The molecule has 1 atom stereocenters. The van der Waals surface area contributed by atoms with Crippen LogP contribution >= 0.6 is 11.8 Å². The van der Waals surface area contributed by atoms with Gasteiger partial charge >= 0.3 is 0 Å². The Hall–Kier alpha value is -1.86. The summed E-state index contributed by atoms with van der Waals surface area (Å²) in [5.74, 6) is -0.244. The molecule has 0 radical (unpaired) electrons. The van der Waals surface area contributed by atoms with Crippen molar-refractivity contribution in [2.75, 3.05) is 12.3 Å². The van der Waals surface area contributed by atoms with Crippen molar-refractivity contribution in [3.63, 3.8) is 0 Å². The fraction of sp³-hybridized carbons (Fsp3) is 0.286. The van der Waals surface area contributed by atoms with Gasteiger partial charge in [0.25, 0.3) is 5.56 Å². The van der Waals surface area contributed by atoms with Crippen molar-refractivity contribution in [1.29, 1.82) is 0 Å². The van der Waals surface area contributed by atoms with Crippen molar-refractivity contribution in [2.45, 2.75) is 29.9 Å². The molecule has 1 aromatic carbocycles. The average Bonchev–Trinajstić information content (AvgIpc) is 2.40. The lowest BCUT2D eigenvalue weighted by Crippen LogP contribution is -2.17. The third-order valence-corrected chi connectivity index (χ3v) is 3.85. The fourth-order valence-corrected chi connectivity index (χ4v) is 2.70. The number of hydrogen-bond donors (Lipinski definition) is 3. The van der Waals surface area contributed by atoms with Gasteiger partial charge in [-0.25, -0.2) is 9.37 Å². The third-order valence-electron chi connectivity index (χ3n) is 2.91. The van der Waals surface area contributed by atoms with Crippen LogP contribution in [0.1, 0.15) is 25.5 Å². The van der Waals surface area contributed by atoms with Gasteiger partial charge in [0.05, 0.1) is 4.90 Å². The predicted molar refractivity (Wildman–Crippen MR) is 81.9 cm³/mol. The smallest absolute Gasteiger partial charge is 0.253 e. The Morgan fingerprint density at radius 3 is 2.86 bits per heavy atom. The molecule has 0 bridgehead atoms. The van der Waals surface area contributed by atoms with Crippen molar-refractivity contribution in [2.24, 2.45) is 0 Å². The number of nitrogen functional groups attached to an aromatic ring is 1. The lowest BCUT2D eigenvalue weighted by atomic mass is 10.1. The molecular weight excluding hydrogens is 291 g/mol. The monoisotopic (exact) mass is 308 g/mol. The molecule has 4 N–H and O–H groups in total. The Morgan fingerprint density at radius 2 is 2.24 bits per heavy atom. The lowest BCUT2D eigenvalue weighted by Gasteiger charge is -2.13. The van der Waals surface area contributed by atoms with E-state index in [1.165, 1.54) is 12.1 Å². The van der Waals surface area contributed by atoms with E-state index >= 15 is 0 Å². The molecule has 0 amide bonds. The van der Waals surface area contributed by atoms with Gasteiger partial charge in [0.1, 0.15) is 11.6 Å². The summed E-state index contributed by atoms with van der Waals surface area (Å²) in [5, 5.41) is 3.49. The molecule has 0 spiro atoms. The Labute approximate surface area is 126 Å². The SMILES string of the molecule is CCNC(C)c1ccc(Sc2nc(N)cc(=O)[nH]2)c(F)c1. The minimum absolute atomic E-state index is 0.0776. The summed E-state index contributed by atoms with van der Waals surface area (Å²) >= 11 is 1.03. The summed E-state index contributed by atoms with van der Waals surface area (Å²) in [6.45, 7) is 4.79. The first-order valence-electron chi connectivity index (χ1n) is 6.57. The third kappa shape index (κ3) is 4.05. The summed E-state index contributed by atoms with van der Waals surface area (Å²) in [7, 11) is 0. The Kier molecular flexibility index (Phi) is 4.98. The highest BCUT2D eigenvalue weighted by molar-refractivity contribution is 7.99. The summed E-state index contributed by atoms with van der Waals surface area (Å²) in [5.41, 5.74) is 6.01. The molecule has 0 saturated heterocycles. The van der Waals surface area contributed by atoms with Gasteiger partial charge in [-0.3, -0.25) is 4.79 Å². The minimum atomic E-state index is -0.359. The van der Waals surface area contributed by atoms with Gasteiger partial charge in [0.15, 0.2) is 5.16 Å². The van der Waals surface area contributed by atoms with Gasteiger partial charge in [-0.2, -0.15) is 0 Å². The van der Waals surface area contributed by atoms with Crippen LogP contribution in [0, 0.1) is 5.82 Å². The van der Waals surface area contributed by atoms with Crippen molar-refractivity contribution in [1.82, 2.24) is 15.3 Å². The first-order valence-corrected chi connectivity index (χ1v) is 7.38. The number of halogens is 1. The normalized spacial score (nSPS) is 12.3. The molecule has 2 rings (SSSR count). The van der Waals surface area contributed by atoms with E-state index in [0.29, 0.717) is 4.90 Å². The minimum Gasteiger partial charge on any atom is -0.383 e. The largest absolute Gasteiger partial charge is 0.383 e. The van der Waals surface area contributed by atoms with Crippen molar-refractivity contribution in [3.05, 3.63) is 46.0 Å². The molecule has 1 unspecified atom stereocenters. The van der Waals surface area contributed by atoms with Gasteiger partial charge in [-0.05, 0) is 42.9 Å².